The molecule has 0 amide bonds. The smallest absolute Gasteiger partial charge is 0.261 e. The van der Waals surface area contributed by atoms with Crippen LogP contribution in [-0.4, -0.2) is 14.9 Å². The molecule has 1 nitrogen and oxygen atoms in total. The monoisotopic (exact) mass is 330 g/mol. The van der Waals surface area contributed by atoms with Crippen LogP contribution in [0.2, 0.25) is 5.04 Å². The first-order valence-corrected chi connectivity index (χ1v) is 9.75. The van der Waals surface area contributed by atoms with Crippen molar-refractivity contribution in [2.75, 3.05) is 6.61 Å². The van der Waals surface area contributed by atoms with Crippen molar-refractivity contribution in [1.82, 2.24) is 0 Å². The van der Waals surface area contributed by atoms with Gasteiger partial charge in [-0.1, -0.05) is 99.6 Å². The van der Waals surface area contributed by atoms with E-state index in [0.717, 1.165) is 0 Å². The summed E-state index contributed by atoms with van der Waals surface area (Å²) in [6.07, 6.45) is 0. The van der Waals surface area contributed by atoms with Gasteiger partial charge in [-0.3, -0.25) is 0 Å². The van der Waals surface area contributed by atoms with Gasteiger partial charge in [0.2, 0.25) is 0 Å². The van der Waals surface area contributed by atoms with Gasteiger partial charge in [-0.05, 0) is 15.4 Å². The van der Waals surface area contributed by atoms with Crippen LogP contribution in [0, 0.1) is 0 Å². The average Bonchev–Trinajstić information content (AvgIpc) is 2.48. The van der Waals surface area contributed by atoms with Gasteiger partial charge in [0.05, 0.1) is 6.61 Å². The normalized spacial score (nSPS) is 12.2. The van der Waals surface area contributed by atoms with Gasteiger partial charge in [0, 0.05) is 5.03 Å². The summed E-state index contributed by atoms with van der Waals surface area (Å²) in [5.74, 6) is 0. The summed E-state index contributed by atoms with van der Waals surface area (Å²) in [4.78, 5) is 0. The molecule has 22 heavy (non-hydrogen) atoms. The van der Waals surface area contributed by atoms with Crippen molar-refractivity contribution in [3.63, 3.8) is 0 Å². The molecule has 0 heterocycles. The Balaban J connectivity index is 2.67. The summed E-state index contributed by atoms with van der Waals surface area (Å²) in [7, 11) is -2.46. The molecule has 0 saturated heterocycles. The molecule has 0 aliphatic heterocycles. The molecule has 0 N–H and O–H groups in total. The van der Waals surface area contributed by atoms with Crippen LogP contribution >= 0.6 is 11.6 Å². The summed E-state index contributed by atoms with van der Waals surface area (Å²) >= 11 is 6.01. The van der Waals surface area contributed by atoms with E-state index in [9.17, 15) is 0 Å². The minimum Gasteiger partial charge on any atom is -0.402 e. The Morgan fingerprint density at radius 3 is 1.68 bits per heavy atom. The van der Waals surface area contributed by atoms with Crippen molar-refractivity contribution < 1.29 is 4.43 Å². The molecule has 3 heteroatoms. The standard InChI is InChI=1S/C19H23ClOSi/c1-16(20)15-21-22(19(2,3)4,17-11-7-5-8-12-17)18-13-9-6-10-14-18/h5-14H,1,15H2,2-4H3. The van der Waals surface area contributed by atoms with E-state index in [4.69, 9.17) is 16.0 Å². The second kappa shape index (κ2) is 6.82. The van der Waals surface area contributed by atoms with Crippen molar-refractivity contribution in [3.8, 4) is 0 Å². The molecule has 2 aromatic carbocycles. The van der Waals surface area contributed by atoms with E-state index < -0.39 is 8.32 Å². The van der Waals surface area contributed by atoms with Crippen molar-refractivity contribution >= 4 is 30.3 Å². The third kappa shape index (κ3) is 3.35. The van der Waals surface area contributed by atoms with Gasteiger partial charge in [0.1, 0.15) is 0 Å². The fraction of sp³-hybridized carbons (Fsp3) is 0.263. The second-order valence-electron chi connectivity index (χ2n) is 6.47. The zero-order valence-electron chi connectivity index (χ0n) is 13.5. The van der Waals surface area contributed by atoms with Crippen molar-refractivity contribution in [2.24, 2.45) is 0 Å². The lowest BCUT2D eigenvalue weighted by atomic mass is 10.2. The van der Waals surface area contributed by atoms with Gasteiger partial charge in [0.25, 0.3) is 8.32 Å². The molecule has 0 radical (unpaired) electrons. The largest absolute Gasteiger partial charge is 0.402 e. The molecule has 0 bridgehead atoms. The molecule has 0 fully saturated rings. The Bertz CT molecular complexity index is 577. The van der Waals surface area contributed by atoms with Crippen LogP contribution in [0.4, 0.5) is 0 Å². The van der Waals surface area contributed by atoms with E-state index >= 15 is 0 Å². The molecule has 0 aromatic heterocycles. The minimum absolute atomic E-state index is 0.0257. The molecule has 0 aliphatic carbocycles. The molecule has 0 spiro atoms. The maximum Gasteiger partial charge on any atom is 0.261 e. The van der Waals surface area contributed by atoms with Crippen LogP contribution in [0.1, 0.15) is 20.8 Å². The predicted molar refractivity (Wildman–Crippen MR) is 98.6 cm³/mol. The highest BCUT2D eigenvalue weighted by atomic mass is 35.5. The highest BCUT2D eigenvalue weighted by Gasteiger charge is 2.50. The summed E-state index contributed by atoms with van der Waals surface area (Å²) in [5.41, 5.74) is 0. The highest BCUT2D eigenvalue weighted by Crippen LogP contribution is 2.36. The highest BCUT2D eigenvalue weighted by molar-refractivity contribution is 6.99. The molecule has 116 valence electrons. The summed E-state index contributed by atoms with van der Waals surface area (Å²) in [6, 6.07) is 21.0. The first kappa shape index (κ1) is 17.0. The maximum atomic E-state index is 6.54. The molecular weight excluding hydrogens is 308 g/mol. The lowest BCUT2D eigenvalue weighted by Gasteiger charge is -2.43. The summed E-state index contributed by atoms with van der Waals surface area (Å²) < 4.78 is 6.54. The Hall–Kier alpha value is -1.35. The van der Waals surface area contributed by atoms with Crippen molar-refractivity contribution in [1.29, 1.82) is 0 Å². The van der Waals surface area contributed by atoms with Crippen LogP contribution in [0.25, 0.3) is 0 Å². The average molecular weight is 331 g/mol. The number of hydrogen-bond acceptors (Lipinski definition) is 1. The Morgan fingerprint density at radius 1 is 0.955 bits per heavy atom. The Labute approximate surface area is 139 Å². The quantitative estimate of drug-likeness (QED) is 0.742. The molecule has 0 unspecified atom stereocenters. The third-order valence-electron chi connectivity index (χ3n) is 3.86. The Morgan fingerprint density at radius 2 is 1.36 bits per heavy atom. The van der Waals surface area contributed by atoms with Gasteiger partial charge in [-0.2, -0.15) is 0 Å². The van der Waals surface area contributed by atoms with Crippen LogP contribution in [-0.2, 0) is 4.43 Å². The minimum atomic E-state index is -2.46. The molecule has 0 aliphatic rings. The fourth-order valence-electron chi connectivity index (χ4n) is 2.95. The van der Waals surface area contributed by atoms with E-state index in [1.54, 1.807) is 0 Å². The van der Waals surface area contributed by atoms with Gasteiger partial charge >= 0.3 is 0 Å². The van der Waals surface area contributed by atoms with Crippen LogP contribution in [0.15, 0.2) is 72.3 Å². The molecule has 0 saturated carbocycles. The van der Waals surface area contributed by atoms with E-state index in [1.165, 1.54) is 10.4 Å². The first-order chi connectivity index (χ1) is 10.4. The topological polar surface area (TPSA) is 9.23 Å². The summed E-state index contributed by atoms with van der Waals surface area (Å²) in [6.45, 7) is 10.9. The lowest BCUT2D eigenvalue weighted by Crippen LogP contribution is -2.66. The van der Waals surface area contributed by atoms with Gasteiger partial charge in [0.15, 0.2) is 0 Å². The molecule has 0 atom stereocenters. The van der Waals surface area contributed by atoms with Gasteiger partial charge in [-0.15, -0.1) is 0 Å². The van der Waals surface area contributed by atoms with E-state index in [-0.39, 0.29) is 5.04 Å². The number of halogens is 1. The SMILES string of the molecule is C=C(Cl)CO[Si](c1ccccc1)(c1ccccc1)C(C)(C)C. The van der Waals surface area contributed by atoms with Gasteiger partial charge in [-0.25, -0.2) is 0 Å². The van der Waals surface area contributed by atoms with E-state index in [0.29, 0.717) is 11.6 Å². The second-order valence-corrected chi connectivity index (χ2v) is 11.3. The van der Waals surface area contributed by atoms with Crippen LogP contribution in [0.5, 0.6) is 0 Å². The molecule has 2 rings (SSSR count). The lowest BCUT2D eigenvalue weighted by molar-refractivity contribution is 0.336. The number of hydrogen-bond donors (Lipinski definition) is 0. The predicted octanol–water partition coefficient (Wildman–Crippen LogP) is 4.32. The number of benzene rings is 2. The fourth-order valence-corrected chi connectivity index (χ4v) is 7.64. The molecule has 2 aromatic rings. The maximum absolute atomic E-state index is 6.54. The molecular formula is C19H23ClOSi. The third-order valence-corrected chi connectivity index (χ3v) is 8.95. The zero-order chi connectivity index (χ0) is 16.2. The first-order valence-electron chi connectivity index (χ1n) is 7.46. The van der Waals surface area contributed by atoms with Crippen molar-refractivity contribution in [3.05, 3.63) is 72.3 Å². The summed E-state index contributed by atoms with van der Waals surface area (Å²) in [5, 5.41) is 3.02. The zero-order valence-corrected chi connectivity index (χ0v) is 15.2. The number of rotatable bonds is 5. The van der Waals surface area contributed by atoms with Crippen molar-refractivity contribution in [2.45, 2.75) is 25.8 Å². The Kier molecular flexibility index (Phi) is 5.27. The van der Waals surface area contributed by atoms with E-state index in [2.05, 4.69) is 75.9 Å². The van der Waals surface area contributed by atoms with Gasteiger partial charge < -0.3 is 4.43 Å². The van der Waals surface area contributed by atoms with Crippen LogP contribution < -0.4 is 10.4 Å². The van der Waals surface area contributed by atoms with E-state index in [1.807, 2.05) is 12.1 Å². The van der Waals surface area contributed by atoms with Crippen LogP contribution in [0.3, 0.4) is 0 Å².